The van der Waals surface area contributed by atoms with Gasteiger partial charge in [-0.1, -0.05) is 12.1 Å². The van der Waals surface area contributed by atoms with Crippen LogP contribution in [0.2, 0.25) is 0 Å². The van der Waals surface area contributed by atoms with E-state index in [-0.39, 0.29) is 12.2 Å². The molecule has 0 bridgehead atoms. The second kappa shape index (κ2) is 8.66. The fourth-order valence-corrected chi connectivity index (χ4v) is 3.22. The van der Waals surface area contributed by atoms with Gasteiger partial charge < -0.3 is 10.1 Å². The number of sulfonamides is 1. The molecule has 8 heteroatoms. The van der Waals surface area contributed by atoms with Crippen LogP contribution in [-0.4, -0.2) is 40.8 Å². The van der Waals surface area contributed by atoms with Crippen LogP contribution in [0.1, 0.15) is 5.56 Å². The molecule has 0 spiro atoms. The third-order valence-corrected chi connectivity index (χ3v) is 4.81. The molecule has 6 nitrogen and oxygen atoms in total. The van der Waals surface area contributed by atoms with E-state index in [0.29, 0.717) is 13.0 Å². The lowest BCUT2D eigenvalue weighted by atomic mass is 10.1. The average molecular weight is 380 g/mol. The Morgan fingerprint density at radius 1 is 1.19 bits per heavy atom. The number of hydrogen-bond donors (Lipinski definition) is 1. The highest BCUT2D eigenvalue weighted by atomic mass is 32.2. The fourth-order valence-electron chi connectivity index (χ4n) is 2.37. The number of hydrogen-bond acceptors (Lipinski definition) is 4. The second-order valence-electron chi connectivity index (χ2n) is 5.70. The van der Waals surface area contributed by atoms with Crippen molar-refractivity contribution in [2.75, 3.05) is 30.8 Å². The highest BCUT2D eigenvalue weighted by molar-refractivity contribution is 7.92. The number of nitrogens with one attached hydrogen (secondary N) is 1. The number of rotatable bonds is 8. The minimum absolute atomic E-state index is 0.233. The zero-order valence-electron chi connectivity index (χ0n) is 14.6. The molecule has 0 saturated carbocycles. The Morgan fingerprint density at radius 3 is 2.50 bits per heavy atom. The molecule has 2 rings (SSSR count). The lowest BCUT2D eigenvalue weighted by Gasteiger charge is -2.21. The van der Waals surface area contributed by atoms with Crippen molar-refractivity contribution in [2.24, 2.45) is 0 Å². The Balaban J connectivity index is 1.96. The smallest absolute Gasteiger partial charge is 0.240 e. The average Bonchev–Trinajstić information content (AvgIpc) is 2.60. The predicted molar refractivity (Wildman–Crippen MR) is 98.3 cm³/mol. The number of carbonyl (C=O) groups is 1. The number of halogens is 1. The van der Waals surface area contributed by atoms with Gasteiger partial charge in [-0.15, -0.1) is 0 Å². The van der Waals surface area contributed by atoms with E-state index in [1.807, 2.05) is 24.3 Å². The summed E-state index contributed by atoms with van der Waals surface area (Å²) in [5.41, 5.74) is 1.22. The lowest BCUT2D eigenvalue weighted by molar-refractivity contribution is -0.119. The Kier molecular flexibility index (Phi) is 6.57. The van der Waals surface area contributed by atoms with Crippen LogP contribution in [0.25, 0.3) is 0 Å². The molecule has 1 N–H and O–H groups in total. The second-order valence-corrected chi connectivity index (χ2v) is 7.60. The predicted octanol–water partition coefficient (Wildman–Crippen LogP) is 1.96. The third kappa shape index (κ3) is 5.73. The van der Waals surface area contributed by atoms with Gasteiger partial charge in [-0.25, -0.2) is 12.8 Å². The largest absolute Gasteiger partial charge is 0.497 e. The molecule has 0 aliphatic heterocycles. The molecule has 0 atom stereocenters. The summed E-state index contributed by atoms with van der Waals surface area (Å²) in [5.74, 6) is -0.194. The van der Waals surface area contributed by atoms with Gasteiger partial charge in [0.05, 0.1) is 19.1 Å². The maximum atomic E-state index is 13.0. The first-order chi connectivity index (χ1) is 12.3. The van der Waals surface area contributed by atoms with E-state index in [9.17, 15) is 17.6 Å². The highest BCUT2D eigenvalue weighted by Crippen LogP contribution is 2.17. The highest BCUT2D eigenvalue weighted by Gasteiger charge is 2.20. The summed E-state index contributed by atoms with van der Waals surface area (Å²) in [5, 5.41) is 2.69. The van der Waals surface area contributed by atoms with E-state index in [2.05, 4.69) is 5.32 Å². The maximum absolute atomic E-state index is 13.0. The van der Waals surface area contributed by atoms with Crippen LogP contribution in [0.4, 0.5) is 10.1 Å². The van der Waals surface area contributed by atoms with Gasteiger partial charge in [0.25, 0.3) is 0 Å². The van der Waals surface area contributed by atoms with Crippen LogP contribution in [0.5, 0.6) is 5.75 Å². The van der Waals surface area contributed by atoms with Gasteiger partial charge in [-0.2, -0.15) is 0 Å². The van der Waals surface area contributed by atoms with Gasteiger partial charge >= 0.3 is 0 Å². The van der Waals surface area contributed by atoms with Crippen LogP contribution < -0.4 is 14.4 Å². The number of methoxy groups -OCH3 is 1. The molecule has 26 heavy (non-hydrogen) atoms. The minimum Gasteiger partial charge on any atom is -0.497 e. The third-order valence-electron chi connectivity index (χ3n) is 3.67. The number of carbonyl (C=O) groups excluding carboxylic acids is 1. The summed E-state index contributed by atoms with van der Waals surface area (Å²) < 4.78 is 43.0. The van der Waals surface area contributed by atoms with E-state index in [1.54, 1.807) is 7.11 Å². The van der Waals surface area contributed by atoms with Crippen molar-refractivity contribution in [3.05, 3.63) is 59.9 Å². The molecule has 0 fully saturated rings. The first kappa shape index (κ1) is 19.7. The Labute approximate surface area is 152 Å². The van der Waals surface area contributed by atoms with Crippen molar-refractivity contribution >= 4 is 21.6 Å². The standard InChI is InChI=1S/C18H21FN2O4S/c1-25-17-5-3-4-14(12-17)10-11-20-18(22)13-21(26(2,23)24)16-8-6-15(19)7-9-16/h3-9,12H,10-11,13H2,1-2H3,(H,20,22). The van der Waals surface area contributed by atoms with Crippen LogP contribution in [0, 0.1) is 5.82 Å². The number of amides is 1. The molecule has 0 radical (unpaired) electrons. The minimum atomic E-state index is -3.68. The number of benzene rings is 2. The molecule has 0 heterocycles. The van der Waals surface area contributed by atoms with Gasteiger partial charge in [0, 0.05) is 6.54 Å². The van der Waals surface area contributed by atoms with Gasteiger partial charge in [-0.3, -0.25) is 9.10 Å². The first-order valence-electron chi connectivity index (χ1n) is 7.92. The van der Waals surface area contributed by atoms with Gasteiger partial charge in [0.1, 0.15) is 18.1 Å². The Morgan fingerprint density at radius 2 is 1.88 bits per heavy atom. The van der Waals surface area contributed by atoms with Gasteiger partial charge in [0.15, 0.2) is 0 Å². The molecule has 0 aliphatic rings. The molecular weight excluding hydrogens is 359 g/mol. The van der Waals surface area contributed by atoms with E-state index in [1.165, 1.54) is 12.1 Å². The summed E-state index contributed by atoms with van der Waals surface area (Å²) in [7, 11) is -2.10. The molecule has 2 aromatic carbocycles. The van der Waals surface area contributed by atoms with E-state index in [4.69, 9.17) is 4.74 Å². The quantitative estimate of drug-likeness (QED) is 0.760. The summed E-state index contributed by atoms with van der Waals surface area (Å²) in [6, 6.07) is 12.4. The summed E-state index contributed by atoms with van der Waals surface area (Å²) in [6.45, 7) is -0.0183. The maximum Gasteiger partial charge on any atom is 0.240 e. The number of anilines is 1. The number of nitrogens with zero attached hydrogens (tertiary/aromatic N) is 1. The topological polar surface area (TPSA) is 75.7 Å². The first-order valence-corrected chi connectivity index (χ1v) is 9.77. The Bertz CT molecular complexity index is 854. The van der Waals surface area contributed by atoms with Crippen molar-refractivity contribution in [1.29, 1.82) is 0 Å². The molecular formula is C18H21FN2O4S. The fraction of sp³-hybridized carbons (Fsp3) is 0.278. The molecule has 0 unspecified atom stereocenters. The molecule has 2 aromatic rings. The zero-order chi connectivity index (χ0) is 19.2. The van der Waals surface area contributed by atoms with Crippen molar-refractivity contribution < 1.29 is 22.3 Å². The van der Waals surface area contributed by atoms with E-state index < -0.39 is 21.7 Å². The molecule has 1 amide bonds. The normalized spacial score (nSPS) is 11.0. The van der Waals surface area contributed by atoms with Gasteiger partial charge in [0.2, 0.25) is 15.9 Å². The SMILES string of the molecule is COc1cccc(CCNC(=O)CN(c2ccc(F)cc2)S(C)(=O)=O)c1. The van der Waals surface area contributed by atoms with Crippen molar-refractivity contribution in [1.82, 2.24) is 5.32 Å². The van der Waals surface area contributed by atoms with Crippen LogP contribution in [0.3, 0.4) is 0 Å². The van der Waals surface area contributed by atoms with E-state index in [0.717, 1.165) is 34.0 Å². The van der Waals surface area contributed by atoms with Crippen molar-refractivity contribution in [2.45, 2.75) is 6.42 Å². The molecule has 0 aromatic heterocycles. The van der Waals surface area contributed by atoms with Crippen molar-refractivity contribution in [3.8, 4) is 5.75 Å². The monoisotopic (exact) mass is 380 g/mol. The lowest BCUT2D eigenvalue weighted by Crippen LogP contribution is -2.40. The van der Waals surface area contributed by atoms with Crippen LogP contribution >= 0.6 is 0 Å². The molecule has 0 saturated heterocycles. The van der Waals surface area contributed by atoms with Gasteiger partial charge in [-0.05, 0) is 48.4 Å². The van der Waals surface area contributed by atoms with E-state index >= 15 is 0 Å². The molecule has 0 aliphatic carbocycles. The number of ether oxygens (including phenoxy) is 1. The Hall–Kier alpha value is -2.61. The van der Waals surface area contributed by atoms with Crippen molar-refractivity contribution in [3.63, 3.8) is 0 Å². The molecule has 140 valence electrons. The summed E-state index contributed by atoms with van der Waals surface area (Å²) in [4.78, 5) is 12.1. The zero-order valence-corrected chi connectivity index (χ0v) is 15.4. The summed E-state index contributed by atoms with van der Waals surface area (Å²) >= 11 is 0. The van der Waals surface area contributed by atoms with Crippen LogP contribution in [0.15, 0.2) is 48.5 Å². The van der Waals surface area contributed by atoms with Crippen LogP contribution in [-0.2, 0) is 21.2 Å². The summed E-state index contributed by atoms with van der Waals surface area (Å²) in [6.07, 6.45) is 1.58.